The molecule has 0 spiro atoms. The number of hydrogen-bond donors (Lipinski definition) is 7. The van der Waals surface area contributed by atoms with E-state index in [2.05, 4.69) is 20.9 Å². The number of amides is 3. The standard InChI is InChI=1S/C29H46N6O5/c1-17(2)13-24(34-26(36)21(31)15-19-16-32-22-10-6-5-9-20(19)22)28(38)33-23(11-7-8-12-30)27(37)35-25(29(39)40)14-18(3)4/h5-6,9-10,16-18,21,23-25,32H,7-8,11-15,30-31H2,1-4H3,(H,33,38)(H,34,36)(H,35,37)(H,39,40). The van der Waals surface area contributed by atoms with Crippen molar-refractivity contribution in [3.63, 3.8) is 0 Å². The lowest BCUT2D eigenvalue weighted by Gasteiger charge is -2.26. The SMILES string of the molecule is CC(C)CC(NC(=O)C(CCCCN)NC(=O)C(CC(C)C)NC(=O)C(N)Cc1c[nH]c2ccccc12)C(=O)O. The molecule has 0 aliphatic heterocycles. The number of carbonyl (C=O) groups excluding carboxylic acids is 3. The molecule has 40 heavy (non-hydrogen) atoms. The predicted octanol–water partition coefficient (Wildman–Crippen LogP) is 1.80. The minimum atomic E-state index is -1.14. The largest absolute Gasteiger partial charge is 0.480 e. The first-order valence-corrected chi connectivity index (χ1v) is 14.1. The molecule has 2 aromatic rings. The van der Waals surface area contributed by atoms with Gasteiger partial charge in [0.1, 0.15) is 18.1 Å². The Hall–Kier alpha value is -3.44. The van der Waals surface area contributed by atoms with Crippen LogP contribution in [-0.2, 0) is 25.6 Å². The van der Waals surface area contributed by atoms with Gasteiger partial charge in [-0.15, -0.1) is 0 Å². The van der Waals surface area contributed by atoms with E-state index in [1.807, 2.05) is 58.2 Å². The van der Waals surface area contributed by atoms with Crippen LogP contribution >= 0.6 is 0 Å². The van der Waals surface area contributed by atoms with Crippen molar-refractivity contribution in [2.45, 2.75) is 90.4 Å². The lowest BCUT2D eigenvalue weighted by atomic mass is 10.00. The van der Waals surface area contributed by atoms with Crippen molar-refractivity contribution in [1.82, 2.24) is 20.9 Å². The van der Waals surface area contributed by atoms with Gasteiger partial charge in [-0.25, -0.2) is 4.79 Å². The molecule has 3 amide bonds. The van der Waals surface area contributed by atoms with Crippen molar-refractivity contribution < 1.29 is 24.3 Å². The normalized spacial score (nSPS) is 14.5. The van der Waals surface area contributed by atoms with Crippen LogP contribution in [0.4, 0.5) is 0 Å². The Morgan fingerprint density at radius 3 is 2.05 bits per heavy atom. The Morgan fingerprint density at radius 1 is 0.850 bits per heavy atom. The second-order valence-corrected chi connectivity index (χ2v) is 11.2. The molecule has 4 atom stereocenters. The van der Waals surface area contributed by atoms with Gasteiger partial charge in [0.15, 0.2) is 0 Å². The summed E-state index contributed by atoms with van der Waals surface area (Å²) in [5.41, 5.74) is 13.7. The number of aromatic amines is 1. The maximum absolute atomic E-state index is 13.4. The van der Waals surface area contributed by atoms with Gasteiger partial charge in [0, 0.05) is 17.1 Å². The Bertz CT molecular complexity index is 1130. The van der Waals surface area contributed by atoms with E-state index < -0.39 is 47.9 Å². The maximum atomic E-state index is 13.4. The second kappa shape index (κ2) is 16.0. The molecule has 222 valence electrons. The van der Waals surface area contributed by atoms with E-state index in [4.69, 9.17) is 11.5 Å². The molecular weight excluding hydrogens is 512 g/mol. The monoisotopic (exact) mass is 558 g/mol. The maximum Gasteiger partial charge on any atom is 0.326 e. The van der Waals surface area contributed by atoms with Crippen molar-refractivity contribution in [1.29, 1.82) is 0 Å². The summed E-state index contributed by atoms with van der Waals surface area (Å²) in [6.07, 6.45) is 4.18. The molecule has 1 heterocycles. The van der Waals surface area contributed by atoms with Crippen LogP contribution in [0.2, 0.25) is 0 Å². The minimum Gasteiger partial charge on any atom is -0.480 e. The van der Waals surface area contributed by atoms with Gasteiger partial charge >= 0.3 is 5.97 Å². The summed E-state index contributed by atoms with van der Waals surface area (Å²) in [6.45, 7) is 8.00. The smallest absolute Gasteiger partial charge is 0.326 e. The van der Waals surface area contributed by atoms with Gasteiger partial charge in [-0.2, -0.15) is 0 Å². The lowest BCUT2D eigenvalue weighted by Crippen LogP contribution is -2.57. The highest BCUT2D eigenvalue weighted by Gasteiger charge is 2.31. The van der Waals surface area contributed by atoms with Crippen molar-refractivity contribution in [2.24, 2.45) is 23.3 Å². The number of carboxylic acids is 1. The molecule has 1 aromatic carbocycles. The average molecular weight is 559 g/mol. The number of unbranched alkanes of at least 4 members (excludes halogenated alkanes) is 1. The zero-order valence-electron chi connectivity index (χ0n) is 24.0. The molecule has 0 aliphatic rings. The first-order valence-electron chi connectivity index (χ1n) is 14.1. The molecule has 1 aromatic heterocycles. The van der Waals surface area contributed by atoms with Crippen molar-refractivity contribution in [2.75, 3.05) is 6.54 Å². The third-order valence-electron chi connectivity index (χ3n) is 6.69. The van der Waals surface area contributed by atoms with Crippen LogP contribution in [0, 0.1) is 11.8 Å². The topological polar surface area (TPSA) is 192 Å². The van der Waals surface area contributed by atoms with Crippen LogP contribution in [0.25, 0.3) is 10.9 Å². The number of benzene rings is 1. The third kappa shape index (κ3) is 10.3. The van der Waals surface area contributed by atoms with Crippen LogP contribution in [0.1, 0.15) is 65.4 Å². The van der Waals surface area contributed by atoms with E-state index >= 15 is 0 Å². The van der Waals surface area contributed by atoms with Crippen LogP contribution in [0.5, 0.6) is 0 Å². The van der Waals surface area contributed by atoms with Crippen LogP contribution < -0.4 is 27.4 Å². The number of para-hydroxylation sites is 1. The summed E-state index contributed by atoms with van der Waals surface area (Å²) < 4.78 is 0. The summed E-state index contributed by atoms with van der Waals surface area (Å²) in [6, 6.07) is 3.86. The van der Waals surface area contributed by atoms with Crippen molar-refractivity contribution in [3.8, 4) is 0 Å². The minimum absolute atomic E-state index is 0.0470. The number of fused-ring (bicyclic) bond motifs is 1. The number of H-pyrrole nitrogens is 1. The molecule has 0 bridgehead atoms. The number of hydrogen-bond acceptors (Lipinski definition) is 6. The van der Waals surface area contributed by atoms with Gasteiger partial charge < -0.3 is 37.5 Å². The average Bonchev–Trinajstić information content (AvgIpc) is 3.29. The highest BCUT2D eigenvalue weighted by atomic mass is 16.4. The quantitative estimate of drug-likeness (QED) is 0.144. The van der Waals surface area contributed by atoms with E-state index in [-0.39, 0.29) is 31.1 Å². The zero-order chi connectivity index (χ0) is 29.8. The molecule has 0 saturated carbocycles. The number of aromatic nitrogens is 1. The Balaban J connectivity index is 2.13. The van der Waals surface area contributed by atoms with Crippen LogP contribution in [-0.4, -0.2) is 64.5 Å². The number of carboxylic acid groups (broad SMARTS) is 1. The molecule has 4 unspecified atom stereocenters. The number of aliphatic carboxylic acids is 1. The number of nitrogens with two attached hydrogens (primary N) is 2. The number of nitrogens with one attached hydrogen (secondary N) is 4. The summed E-state index contributed by atoms with van der Waals surface area (Å²) in [5, 5.41) is 18.6. The van der Waals surface area contributed by atoms with Gasteiger partial charge in [-0.1, -0.05) is 45.9 Å². The second-order valence-electron chi connectivity index (χ2n) is 11.2. The fraction of sp³-hybridized carbons (Fsp3) is 0.586. The Morgan fingerprint density at radius 2 is 1.43 bits per heavy atom. The van der Waals surface area contributed by atoms with Crippen LogP contribution in [0.15, 0.2) is 30.5 Å². The number of rotatable bonds is 17. The number of carbonyl (C=O) groups is 4. The van der Waals surface area contributed by atoms with Gasteiger partial charge in [0.2, 0.25) is 17.7 Å². The van der Waals surface area contributed by atoms with Crippen molar-refractivity contribution >= 4 is 34.6 Å². The first kappa shape index (κ1) is 32.8. The molecule has 0 aliphatic carbocycles. The first-order chi connectivity index (χ1) is 18.9. The summed E-state index contributed by atoms with van der Waals surface area (Å²) in [5.74, 6) is -2.60. The molecule has 11 nitrogen and oxygen atoms in total. The van der Waals surface area contributed by atoms with E-state index in [1.165, 1.54) is 0 Å². The van der Waals surface area contributed by atoms with Crippen LogP contribution in [0.3, 0.4) is 0 Å². The molecule has 2 rings (SSSR count). The summed E-state index contributed by atoms with van der Waals surface area (Å²) in [4.78, 5) is 54.4. The third-order valence-corrected chi connectivity index (χ3v) is 6.69. The predicted molar refractivity (Wildman–Crippen MR) is 155 cm³/mol. The summed E-state index contributed by atoms with van der Waals surface area (Å²) >= 11 is 0. The molecule has 0 saturated heterocycles. The molecule has 11 heteroatoms. The molecule has 9 N–H and O–H groups in total. The molecule has 0 fully saturated rings. The summed E-state index contributed by atoms with van der Waals surface area (Å²) in [7, 11) is 0. The van der Waals surface area contributed by atoms with Gasteiger partial charge in [-0.3, -0.25) is 14.4 Å². The van der Waals surface area contributed by atoms with E-state index in [1.54, 1.807) is 0 Å². The lowest BCUT2D eigenvalue weighted by molar-refractivity contribution is -0.142. The highest BCUT2D eigenvalue weighted by molar-refractivity contribution is 5.94. The van der Waals surface area contributed by atoms with Gasteiger partial charge in [0.05, 0.1) is 6.04 Å². The fourth-order valence-corrected chi connectivity index (χ4v) is 4.61. The Labute approximate surface area is 236 Å². The van der Waals surface area contributed by atoms with Crippen molar-refractivity contribution in [3.05, 3.63) is 36.0 Å². The Kier molecular flexibility index (Phi) is 13.1. The van der Waals surface area contributed by atoms with Gasteiger partial charge in [0.25, 0.3) is 0 Å². The fourth-order valence-electron chi connectivity index (χ4n) is 4.61. The van der Waals surface area contributed by atoms with Gasteiger partial charge in [-0.05, 0) is 68.5 Å². The van der Waals surface area contributed by atoms with E-state index in [9.17, 15) is 24.3 Å². The highest BCUT2D eigenvalue weighted by Crippen LogP contribution is 2.19. The van der Waals surface area contributed by atoms with E-state index in [0.29, 0.717) is 25.8 Å². The van der Waals surface area contributed by atoms with E-state index in [0.717, 1.165) is 16.5 Å². The zero-order valence-corrected chi connectivity index (χ0v) is 24.0. The molecular formula is C29H46N6O5. The molecule has 0 radical (unpaired) electrons.